The van der Waals surface area contributed by atoms with Crippen molar-refractivity contribution in [2.75, 3.05) is 18.4 Å². The summed E-state index contributed by atoms with van der Waals surface area (Å²) < 4.78 is 0. The zero-order valence-electron chi connectivity index (χ0n) is 15.6. The summed E-state index contributed by atoms with van der Waals surface area (Å²) in [6.07, 6.45) is 11.8. The second-order valence-corrected chi connectivity index (χ2v) is 6.22. The van der Waals surface area contributed by atoms with E-state index in [-0.39, 0.29) is 37.2 Å². The smallest absolute Gasteiger partial charge is 0.267 e. The number of hydrogen-bond acceptors (Lipinski definition) is 7. The summed E-state index contributed by atoms with van der Waals surface area (Å²) in [4.78, 5) is 26.1. The van der Waals surface area contributed by atoms with Crippen molar-refractivity contribution in [1.82, 2.24) is 25.3 Å². The largest absolute Gasteiger partial charge is 0.365 e. The van der Waals surface area contributed by atoms with Gasteiger partial charge in [-0.1, -0.05) is 6.07 Å². The molecule has 0 radical (unpaired) electrons. The fourth-order valence-corrected chi connectivity index (χ4v) is 2.97. The standard InChI is InChI=1S/C18H22N6O2.3ClH/c25-18(23-26)6-5-15-10-21-17(11-20-15)22-16-4-2-8-24(13-16)12-14-3-1-7-19-9-14;;;/h1,3,5-7,9-11,16,26H,2,4,8,12-13H2,(H,21,22)(H,23,25);3*1H/b6-5+;;;/t16-;;;/m1.../s1. The van der Waals surface area contributed by atoms with Crippen molar-refractivity contribution in [2.45, 2.75) is 25.4 Å². The summed E-state index contributed by atoms with van der Waals surface area (Å²) in [5.41, 5.74) is 3.29. The monoisotopic (exact) mass is 462 g/mol. The molecule has 1 aliphatic heterocycles. The van der Waals surface area contributed by atoms with E-state index in [1.165, 1.54) is 23.2 Å². The number of amides is 1. The minimum Gasteiger partial charge on any atom is -0.365 e. The predicted octanol–water partition coefficient (Wildman–Crippen LogP) is 2.73. The Bertz CT molecular complexity index is 749. The highest BCUT2D eigenvalue weighted by molar-refractivity contribution is 5.90. The molecule has 3 rings (SSSR count). The van der Waals surface area contributed by atoms with E-state index >= 15 is 0 Å². The molecule has 0 unspecified atom stereocenters. The number of carbonyl (C=O) groups excluding carboxylic acids is 1. The topological polar surface area (TPSA) is 103 Å². The van der Waals surface area contributed by atoms with E-state index in [2.05, 4.69) is 31.2 Å². The summed E-state index contributed by atoms with van der Waals surface area (Å²) >= 11 is 0. The Morgan fingerprint density at radius 3 is 2.72 bits per heavy atom. The van der Waals surface area contributed by atoms with Crippen LogP contribution >= 0.6 is 37.2 Å². The average Bonchev–Trinajstić information content (AvgIpc) is 2.68. The van der Waals surface area contributed by atoms with Gasteiger partial charge in [0, 0.05) is 37.6 Å². The Labute approximate surface area is 188 Å². The Kier molecular flexibility index (Phi) is 13.1. The molecular formula is C18H25Cl3N6O2. The van der Waals surface area contributed by atoms with Crippen LogP contribution in [0, 0.1) is 0 Å². The maximum Gasteiger partial charge on any atom is 0.267 e. The maximum absolute atomic E-state index is 11.0. The molecule has 0 bridgehead atoms. The maximum atomic E-state index is 11.0. The molecule has 1 amide bonds. The summed E-state index contributed by atoms with van der Waals surface area (Å²) in [5, 5.41) is 11.9. The molecule has 2 aromatic heterocycles. The Balaban J connectivity index is 0.00000261. The van der Waals surface area contributed by atoms with Gasteiger partial charge >= 0.3 is 0 Å². The van der Waals surface area contributed by atoms with Gasteiger partial charge in [-0.2, -0.15) is 0 Å². The Morgan fingerprint density at radius 1 is 1.24 bits per heavy atom. The Hall–Kier alpha value is -1.97. The van der Waals surface area contributed by atoms with Gasteiger partial charge in [-0.15, -0.1) is 37.2 Å². The quantitative estimate of drug-likeness (QED) is 0.344. The lowest BCUT2D eigenvalue weighted by atomic mass is 10.1. The first kappa shape index (κ1) is 27.0. The van der Waals surface area contributed by atoms with E-state index in [1.54, 1.807) is 18.6 Å². The van der Waals surface area contributed by atoms with Gasteiger partial charge in [0.1, 0.15) is 5.82 Å². The molecular weight excluding hydrogens is 439 g/mol. The van der Waals surface area contributed by atoms with E-state index < -0.39 is 5.91 Å². The molecule has 0 spiro atoms. The number of likely N-dealkylation sites (tertiary alicyclic amines) is 1. The number of anilines is 1. The lowest BCUT2D eigenvalue weighted by Gasteiger charge is -2.33. The third-order valence-electron chi connectivity index (χ3n) is 4.17. The van der Waals surface area contributed by atoms with E-state index in [0.29, 0.717) is 17.6 Å². The van der Waals surface area contributed by atoms with Crippen LogP contribution in [0.2, 0.25) is 0 Å². The van der Waals surface area contributed by atoms with Crippen molar-refractivity contribution in [3.8, 4) is 0 Å². The fraction of sp³-hybridized carbons (Fsp3) is 0.333. The molecule has 2 aromatic rings. The molecule has 1 atom stereocenters. The van der Waals surface area contributed by atoms with Gasteiger partial charge in [-0.05, 0) is 37.1 Å². The minimum absolute atomic E-state index is 0. The van der Waals surface area contributed by atoms with Crippen LogP contribution in [0.1, 0.15) is 24.1 Å². The van der Waals surface area contributed by atoms with Crippen LogP contribution in [-0.4, -0.2) is 50.1 Å². The lowest BCUT2D eigenvalue weighted by molar-refractivity contribution is -0.124. The van der Waals surface area contributed by atoms with Crippen molar-refractivity contribution in [1.29, 1.82) is 0 Å². The van der Waals surface area contributed by atoms with Gasteiger partial charge in [-0.25, -0.2) is 10.5 Å². The molecule has 1 aliphatic rings. The van der Waals surface area contributed by atoms with E-state index in [9.17, 15) is 4.79 Å². The number of nitrogens with one attached hydrogen (secondary N) is 2. The summed E-state index contributed by atoms with van der Waals surface area (Å²) in [6.45, 7) is 2.92. The van der Waals surface area contributed by atoms with Gasteiger partial charge < -0.3 is 5.32 Å². The molecule has 29 heavy (non-hydrogen) atoms. The fourth-order valence-electron chi connectivity index (χ4n) is 2.97. The highest BCUT2D eigenvalue weighted by Crippen LogP contribution is 2.16. The molecule has 3 N–H and O–H groups in total. The second-order valence-electron chi connectivity index (χ2n) is 6.22. The number of hydrogen-bond donors (Lipinski definition) is 3. The zero-order valence-corrected chi connectivity index (χ0v) is 18.1. The first-order valence-corrected chi connectivity index (χ1v) is 8.55. The van der Waals surface area contributed by atoms with Crippen LogP contribution in [-0.2, 0) is 11.3 Å². The number of pyridine rings is 1. The van der Waals surface area contributed by atoms with Gasteiger partial charge in [0.2, 0.25) is 0 Å². The third kappa shape index (κ3) is 8.93. The van der Waals surface area contributed by atoms with E-state index in [0.717, 1.165) is 32.5 Å². The summed E-state index contributed by atoms with van der Waals surface area (Å²) in [6, 6.07) is 4.38. The molecule has 1 fully saturated rings. The number of aromatic nitrogens is 3. The van der Waals surface area contributed by atoms with Gasteiger partial charge in [0.15, 0.2) is 0 Å². The van der Waals surface area contributed by atoms with Crippen molar-refractivity contribution < 1.29 is 10.0 Å². The zero-order chi connectivity index (χ0) is 18.2. The molecule has 11 heteroatoms. The van der Waals surface area contributed by atoms with Crippen LogP contribution in [0.5, 0.6) is 0 Å². The first-order valence-electron chi connectivity index (χ1n) is 8.55. The Morgan fingerprint density at radius 2 is 2.07 bits per heavy atom. The van der Waals surface area contributed by atoms with Crippen LogP contribution in [0.15, 0.2) is 43.0 Å². The van der Waals surface area contributed by atoms with Crippen LogP contribution < -0.4 is 10.8 Å². The number of halogens is 3. The van der Waals surface area contributed by atoms with E-state index in [4.69, 9.17) is 5.21 Å². The normalized spacial score (nSPS) is 16.1. The number of rotatable bonds is 6. The molecule has 8 nitrogen and oxygen atoms in total. The average molecular weight is 464 g/mol. The highest BCUT2D eigenvalue weighted by atomic mass is 35.5. The second kappa shape index (κ2) is 14.1. The van der Waals surface area contributed by atoms with Crippen molar-refractivity contribution in [3.63, 3.8) is 0 Å². The third-order valence-corrected chi connectivity index (χ3v) is 4.17. The van der Waals surface area contributed by atoms with Crippen molar-refractivity contribution in [3.05, 3.63) is 54.3 Å². The molecule has 0 saturated carbocycles. The predicted molar refractivity (Wildman–Crippen MR) is 119 cm³/mol. The van der Waals surface area contributed by atoms with Gasteiger partial charge in [0.05, 0.1) is 18.1 Å². The number of nitrogens with zero attached hydrogens (tertiary/aromatic N) is 4. The van der Waals surface area contributed by atoms with Gasteiger partial charge in [0.25, 0.3) is 5.91 Å². The van der Waals surface area contributed by atoms with Crippen LogP contribution in [0.25, 0.3) is 6.08 Å². The van der Waals surface area contributed by atoms with Crippen molar-refractivity contribution in [2.24, 2.45) is 0 Å². The molecule has 160 valence electrons. The van der Waals surface area contributed by atoms with Crippen molar-refractivity contribution >= 4 is 55.0 Å². The number of carbonyl (C=O) groups is 1. The SMILES string of the molecule is Cl.Cl.Cl.O=C(/C=C/c1cnc(N[C@@H]2CCCN(Cc3cccnc3)C2)cn1)NO. The highest BCUT2D eigenvalue weighted by Gasteiger charge is 2.20. The molecule has 1 saturated heterocycles. The lowest BCUT2D eigenvalue weighted by Crippen LogP contribution is -2.41. The summed E-state index contributed by atoms with van der Waals surface area (Å²) in [5.74, 6) is 0.104. The molecule has 0 aliphatic carbocycles. The minimum atomic E-state index is -0.607. The molecule has 3 heterocycles. The molecule has 0 aromatic carbocycles. The van der Waals surface area contributed by atoms with Gasteiger partial charge in [-0.3, -0.25) is 24.9 Å². The number of piperidine rings is 1. The van der Waals surface area contributed by atoms with E-state index in [1.807, 2.05) is 12.3 Å². The summed E-state index contributed by atoms with van der Waals surface area (Å²) in [7, 11) is 0. The number of hydroxylamine groups is 1. The van der Waals surface area contributed by atoms with Crippen LogP contribution in [0.4, 0.5) is 5.82 Å². The first-order chi connectivity index (χ1) is 12.7. The van der Waals surface area contributed by atoms with Crippen LogP contribution in [0.3, 0.4) is 0 Å².